The molecule has 0 bridgehead atoms. The second-order valence-corrected chi connectivity index (χ2v) is 7.40. The second-order valence-electron chi connectivity index (χ2n) is 4.91. The number of rotatable bonds is 4. The Balaban J connectivity index is 2.32. The van der Waals surface area contributed by atoms with Gasteiger partial charge in [0.2, 0.25) is 10.0 Å². The van der Waals surface area contributed by atoms with Gasteiger partial charge < -0.3 is 10.8 Å². The number of anilines is 1. The van der Waals surface area contributed by atoms with Gasteiger partial charge in [0.1, 0.15) is 4.90 Å². The van der Waals surface area contributed by atoms with E-state index in [4.69, 9.17) is 28.9 Å². The van der Waals surface area contributed by atoms with Crippen molar-refractivity contribution in [1.82, 2.24) is 4.72 Å². The van der Waals surface area contributed by atoms with Gasteiger partial charge in [-0.05, 0) is 30.9 Å². The lowest BCUT2D eigenvalue weighted by Gasteiger charge is -2.20. The Labute approximate surface area is 128 Å². The second kappa shape index (κ2) is 6.07. The van der Waals surface area contributed by atoms with Gasteiger partial charge in [0.05, 0.1) is 10.7 Å². The molecule has 1 aliphatic carbocycles. The van der Waals surface area contributed by atoms with Crippen molar-refractivity contribution >= 4 is 38.9 Å². The Hall–Kier alpha value is -0.530. The molecule has 2 rings (SSSR count). The molecular formula is C12H16Cl2N2O3S. The first kappa shape index (κ1) is 15.9. The summed E-state index contributed by atoms with van der Waals surface area (Å²) in [6.07, 6.45) is 2.37. The Morgan fingerprint density at radius 1 is 1.35 bits per heavy atom. The van der Waals surface area contributed by atoms with Gasteiger partial charge in [-0.1, -0.05) is 29.6 Å². The minimum absolute atomic E-state index is 0.00791. The molecule has 112 valence electrons. The monoisotopic (exact) mass is 338 g/mol. The van der Waals surface area contributed by atoms with Gasteiger partial charge >= 0.3 is 0 Å². The molecule has 0 aliphatic heterocycles. The topological polar surface area (TPSA) is 92.4 Å². The Kier molecular flexibility index (Phi) is 4.81. The molecule has 0 radical (unpaired) electrons. The van der Waals surface area contributed by atoms with E-state index in [0.29, 0.717) is 6.42 Å². The molecule has 0 amide bonds. The van der Waals surface area contributed by atoms with Crippen molar-refractivity contribution in [3.8, 4) is 0 Å². The van der Waals surface area contributed by atoms with Crippen LogP contribution in [-0.4, -0.2) is 26.2 Å². The van der Waals surface area contributed by atoms with Crippen molar-refractivity contribution in [2.24, 2.45) is 5.92 Å². The van der Waals surface area contributed by atoms with Gasteiger partial charge in [0.25, 0.3) is 0 Å². The van der Waals surface area contributed by atoms with Crippen LogP contribution in [0.15, 0.2) is 17.0 Å². The maximum Gasteiger partial charge on any atom is 0.244 e. The third kappa shape index (κ3) is 3.20. The van der Waals surface area contributed by atoms with Crippen LogP contribution in [0.5, 0.6) is 0 Å². The smallest absolute Gasteiger partial charge is 0.244 e. The highest BCUT2D eigenvalue weighted by atomic mass is 35.5. The van der Waals surface area contributed by atoms with Crippen LogP contribution in [0.1, 0.15) is 19.3 Å². The van der Waals surface area contributed by atoms with Crippen LogP contribution in [0.25, 0.3) is 0 Å². The molecule has 1 aromatic carbocycles. The largest absolute Gasteiger partial charge is 0.398 e. The van der Waals surface area contributed by atoms with Crippen LogP contribution < -0.4 is 10.5 Å². The van der Waals surface area contributed by atoms with Crippen molar-refractivity contribution in [2.45, 2.75) is 30.2 Å². The summed E-state index contributed by atoms with van der Waals surface area (Å²) < 4.78 is 27.4. The highest BCUT2D eigenvalue weighted by Gasteiger charge is 2.32. The molecule has 8 heteroatoms. The Bertz CT molecular complexity index is 584. The van der Waals surface area contributed by atoms with Crippen molar-refractivity contribution in [2.75, 3.05) is 12.3 Å². The first-order chi connectivity index (χ1) is 9.35. The maximum absolute atomic E-state index is 12.4. The molecule has 5 nitrogen and oxygen atoms in total. The molecule has 0 spiro atoms. The summed E-state index contributed by atoms with van der Waals surface area (Å²) in [6.45, 7) is -0.0446. The SMILES string of the molecule is Nc1cc(Cl)cc(Cl)c1S(=O)(=O)NC1CCCC1CO. The van der Waals surface area contributed by atoms with Crippen LogP contribution >= 0.6 is 23.2 Å². The lowest BCUT2D eigenvalue weighted by Crippen LogP contribution is -2.38. The first-order valence-corrected chi connectivity index (χ1v) is 8.46. The Morgan fingerprint density at radius 2 is 2.05 bits per heavy atom. The average Bonchev–Trinajstić information content (AvgIpc) is 2.73. The first-order valence-electron chi connectivity index (χ1n) is 6.23. The number of aliphatic hydroxyl groups excluding tert-OH is 1. The van der Waals surface area contributed by atoms with Crippen LogP contribution in [0.3, 0.4) is 0 Å². The van der Waals surface area contributed by atoms with E-state index in [0.717, 1.165) is 12.8 Å². The van der Waals surface area contributed by atoms with Gasteiger partial charge in [-0.15, -0.1) is 0 Å². The summed E-state index contributed by atoms with van der Waals surface area (Å²) in [6, 6.07) is 2.39. The van der Waals surface area contributed by atoms with Crippen molar-refractivity contribution in [3.05, 3.63) is 22.2 Å². The summed E-state index contributed by atoms with van der Waals surface area (Å²) in [7, 11) is -3.84. The summed E-state index contributed by atoms with van der Waals surface area (Å²) in [5, 5.41) is 9.51. The molecule has 1 aromatic rings. The molecule has 0 saturated heterocycles. The van der Waals surface area contributed by atoms with E-state index < -0.39 is 10.0 Å². The molecule has 1 fully saturated rings. The molecule has 20 heavy (non-hydrogen) atoms. The van der Waals surface area contributed by atoms with E-state index in [1.165, 1.54) is 12.1 Å². The lowest BCUT2D eigenvalue weighted by atomic mass is 10.1. The predicted octanol–water partition coefficient (Wildman–Crippen LogP) is 2.01. The third-order valence-electron chi connectivity index (χ3n) is 3.51. The fourth-order valence-corrected chi connectivity index (χ4v) is 4.86. The molecule has 4 N–H and O–H groups in total. The lowest BCUT2D eigenvalue weighted by molar-refractivity contribution is 0.213. The molecule has 2 unspecified atom stereocenters. The van der Waals surface area contributed by atoms with Crippen LogP contribution in [0.4, 0.5) is 5.69 Å². The predicted molar refractivity (Wildman–Crippen MR) is 79.4 cm³/mol. The number of nitrogen functional groups attached to an aromatic ring is 1. The van der Waals surface area contributed by atoms with E-state index in [2.05, 4.69) is 4.72 Å². The highest BCUT2D eigenvalue weighted by Crippen LogP contribution is 2.33. The number of halogens is 2. The van der Waals surface area contributed by atoms with Gasteiger partial charge in [-0.3, -0.25) is 0 Å². The van der Waals surface area contributed by atoms with Crippen molar-refractivity contribution in [1.29, 1.82) is 0 Å². The van der Waals surface area contributed by atoms with E-state index in [9.17, 15) is 13.5 Å². The van der Waals surface area contributed by atoms with Gasteiger partial charge in [-0.25, -0.2) is 13.1 Å². The highest BCUT2D eigenvalue weighted by molar-refractivity contribution is 7.89. The number of hydrogen-bond acceptors (Lipinski definition) is 4. The summed E-state index contributed by atoms with van der Waals surface area (Å²) in [5.74, 6) is -0.0722. The van der Waals surface area contributed by atoms with Crippen LogP contribution in [0.2, 0.25) is 10.0 Å². The fraction of sp³-hybridized carbons (Fsp3) is 0.500. The van der Waals surface area contributed by atoms with E-state index in [1.807, 2.05) is 0 Å². The van der Waals surface area contributed by atoms with E-state index in [-0.39, 0.29) is 39.2 Å². The number of nitrogens with two attached hydrogens (primary N) is 1. The summed E-state index contributed by atoms with van der Waals surface area (Å²) in [5.41, 5.74) is 5.72. The van der Waals surface area contributed by atoms with Gasteiger partial charge in [0.15, 0.2) is 0 Å². The minimum Gasteiger partial charge on any atom is -0.398 e. The average molecular weight is 339 g/mol. The number of sulfonamides is 1. The number of benzene rings is 1. The fourth-order valence-electron chi connectivity index (χ4n) is 2.53. The zero-order chi connectivity index (χ0) is 14.9. The third-order valence-corrected chi connectivity index (χ3v) is 5.74. The quantitative estimate of drug-likeness (QED) is 0.732. The van der Waals surface area contributed by atoms with Crippen LogP contribution in [0, 0.1) is 5.92 Å². The van der Waals surface area contributed by atoms with Gasteiger partial charge in [-0.2, -0.15) is 0 Å². The minimum atomic E-state index is -3.84. The maximum atomic E-state index is 12.4. The number of nitrogens with one attached hydrogen (secondary N) is 1. The molecule has 1 saturated carbocycles. The zero-order valence-electron chi connectivity index (χ0n) is 10.6. The number of hydrogen-bond donors (Lipinski definition) is 3. The normalized spacial score (nSPS) is 23.1. The Morgan fingerprint density at radius 3 is 2.65 bits per heavy atom. The molecule has 2 atom stereocenters. The van der Waals surface area contributed by atoms with E-state index in [1.54, 1.807) is 0 Å². The van der Waals surface area contributed by atoms with Crippen molar-refractivity contribution < 1.29 is 13.5 Å². The summed E-state index contributed by atoms with van der Waals surface area (Å²) in [4.78, 5) is -0.160. The van der Waals surface area contributed by atoms with Crippen molar-refractivity contribution in [3.63, 3.8) is 0 Å². The molecule has 0 heterocycles. The molecule has 1 aliphatic rings. The van der Waals surface area contributed by atoms with Crippen LogP contribution in [-0.2, 0) is 10.0 Å². The summed E-state index contributed by atoms with van der Waals surface area (Å²) >= 11 is 11.7. The molecule has 0 aromatic heterocycles. The van der Waals surface area contributed by atoms with E-state index >= 15 is 0 Å². The number of aliphatic hydroxyl groups is 1. The molecular weight excluding hydrogens is 323 g/mol. The zero-order valence-corrected chi connectivity index (χ0v) is 13.0. The standard InChI is InChI=1S/C12H16Cl2N2O3S/c13-8-4-9(14)12(10(15)5-8)20(18,19)16-11-3-1-2-7(11)6-17/h4-5,7,11,16-17H,1-3,6,15H2. The van der Waals surface area contributed by atoms with Gasteiger partial charge in [0, 0.05) is 17.7 Å².